The summed E-state index contributed by atoms with van der Waals surface area (Å²) in [4.78, 5) is 16.2. The van der Waals surface area contributed by atoms with Gasteiger partial charge in [-0.3, -0.25) is 4.79 Å². The minimum absolute atomic E-state index is 0.227. The maximum Gasteiger partial charge on any atom is 0.261 e. The molecule has 5 nitrogen and oxygen atoms in total. The van der Waals surface area contributed by atoms with E-state index in [0.717, 1.165) is 17.7 Å². The van der Waals surface area contributed by atoms with Crippen LogP contribution in [0.15, 0.2) is 67.3 Å². The SMILES string of the molecule is CC(Oc1ccc(F)cc1)C(=O)NCc1cccc(Cn2ccnc2)c1. The minimum atomic E-state index is -0.672. The van der Waals surface area contributed by atoms with Gasteiger partial charge in [0.25, 0.3) is 5.91 Å². The number of nitrogens with one attached hydrogen (secondary N) is 1. The number of ether oxygens (including phenoxy) is 1. The zero-order valence-corrected chi connectivity index (χ0v) is 14.4. The predicted octanol–water partition coefficient (Wildman–Crippen LogP) is 3.15. The van der Waals surface area contributed by atoms with Crippen molar-refractivity contribution in [2.24, 2.45) is 0 Å². The van der Waals surface area contributed by atoms with Crippen LogP contribution in [0.3, 0.4) is 0 Å². The van der Waals surface area contributed by atoms with Crippen molar-refractivity contribution < 1.29 is 13.9 Å². The van der Waals surface area contributed by atoms with Gasteiger partial charge in [-0.2, -0.15) is 0 Å². The molecule has 1 unspecified atom stereocenters. The molecule has 0 aliphatic rings. The third-order valence-corrected chi connectivity index (χ3v) is 3.88. The Bertz CT molecular complexity index is 848. The lowest BCUT2D eigenvalue weighted by Gasteiger charge is -2.15. The highest BCUT2D eigenvalue weighted by Crippen LogP contribution is 2.13. The van der Waals surface area contributed by atoms with Gasteiger partial charge < -0.3 is 14.6 Å². The Labute approximate surface area is 151 Å². The summed E-state index contributed by atoms with van der Waals surface area (Å²) in [5.41, 5.74) is 2.13. The molecule has 0 spiro atoms. The number of hydrogen-bond acceptors (Lipinski definition) is 3. The van der Waals surface area contributed by atoms with E-state index in [4.69, 9.17) is 4.74 Å². The molecular formula is C20H20FN3O2. The number of halogens is 1. The molecule has 134 valence electrons. The molecule has 2 aromatic carbocycles. The first-order valence-corrected chi connectivity index (χ1v) is 8.33. The van der Waals surface area contributed by atoms with Crippen molar-refractivity contribution in [3.05, 3.63) is 84.2 Å². The molecule has 0 aliphatic heterocycles. The molecular weight excluding hydrogens is 333 g/mol. The highest BCUT2D eigenvalue weighted by molar-refractivity contribution is 5.80. The standard InChI is InChI=1S/C20H20FN3O2/c1-15(26-19-7-5-18(21)6-8-19)20(25)23-12-16-3-2-4-17(11-16)13-24-10-9-22-14-24/h2-11,14-15H,12-13H2,1H3,(H,23,25). The summed E-state index contributed by atoms with van der Waals surface area (Å²) < 4.78 is 20.4. The van der Waals surface area contributed by atoms with E-state index in [2.05, 4.69) is 10.3 Å². The lowest BCUT2D eigenvalue weighted by atomic mass is 10.1. The molecule has 0 saturated heterocycles. The zero-order chi connectivity index (χ0) is 18.4. The summed E-state index contributed by atoms with van der Waals surface area (Å²) >= 11 is 0. The Morgan fingerprint density at radius 2 is 2.00 bits per heavy atom. The fourth-order valence-electron chi connectivity index (χ4n) is 2.53. The minimum Gasteiger partial charge on any atom is -0.481 e. The summed E-state index contributed by atoms with van der Waals surface area (Å²) in [6.45, 7) is 2.80. The van der Waals surface area contributed by atoms with Crippen LogP contribution < -0.4 is 10.1 Å². The van der Waals surface area contributed by atoms with E-state index in [9.17, 15) is 9.18 Å². The summed E-state index contributed by atoms with van der Waals surface area (Å²) in [5, 5.41) is 2.86. The normalized spacial score (nSPS) is 11.8. The average molecular weight is 353 g/mol. The van der Waals surface area contributed by atoms with E-state index in [1.54, 1.807) is 19.4 Å². The van der Waals surface area contributed by atoms with Gasteiger partial charge in [0.1, 0.15) is 11.6 Å². The molecule has 26 heavy (non-hydrogen) atoms. The second kappa shape index (κ2) is 8.29. The Morgan fingerprint density at radius 3 is 2.73 bits per heavy atom. The van der Waals surface area contributed by atoms with Gasteiger partial charge in [0.05, 0.1) is 6.33 Å². The largest absolute Gasteiger partial charge is 0.481 e. The van der Waals surface area contributed by atoms with Crippen molar-refractivity contribution in [1.82, 2.24) is 14.9 Å². The summed E-state index contributed by atoms with van der Waals surface area (Å²) in [6.07, 6.45) is 4.74. The molecule has 0 radical (unpaired) electrons. The topological polar surface area (TPSA) is 56.1 Å². The number of amides is 1. The summed E-state index contributed by atoms with van der Waals surface area (Å²) in [5.74, 6) is -0.115. The third kappa shape index (κ3) is 4.92. The van der Waals surface area contributed by atoms with Crippen molar-refractivity contribution in [2.75, 3.05) is 0 Å². The number of carbonyl (C=O) groups is 1. The van der Waals surface area contributed by atoms with Crippen LogP contribution in [-0.2, 0) is 17.9 Å². The summed E-state index contributed by atoms with van der Waals surface area (Å²) in [7, 11) is 0. The molecule has 0 saturated carbocycles. The maximum atomic E-state index is 12.9. The smallest absolute Gasteiger partial charge is 0.261 e. The molecule has 0 bridgehead atoms. The van der Waals surface area contributed by atoms with Gasteiger partial charge >= 0.3 is 0 Å². The van der Waals surface area contributed by atoms with Gasteiger partial charge in [-0.05, 0) is 42.3 Å². The van der Waals surface area contributed by atoms with Gasteiger partial charge in [0, 0.05) is 25.5 Å². The number of rotatable bonds is 7. The van der Waals surface area contributed by atoms with Crippen LogP contribution in [0.5, 0.6) is 5.75 Å². The molecule has 1 heterocycles. The van der Waals surface area contributed by atoms with Crippen LogP contribution in [0.4, 0.5) is 4.39 Å². The maximum absolute atomic E-state index is 12.9. The number of imidazole rings is 1. The third-order valence-electron chi connectivity index (χ3n) is 3.88. The highest BCUT2D eigenvalue weighted by Gasteiger charge is 2.14. The van der Waals surface area contributed by atoms with Crippen LogP contribution in [0.2, 0.25) is 0 Å². The molecule has 0 aliphatic carbocycles. The molecule has 1 amide bonds. The first kappa shape index (κ1) is 17.7. The Kier molecular flexibility index (Phi) is 5.63. The number of hydrogen-bond donors (Lipinski definition) is 1. The van der Waals surface area contributed by atoms with Crippen LogP contribution >= 0.6 is 0 Å². The molecule has 1 atom stereocenters. The van der Waals surface area contributed by atoms with Gasteiger partial charge in [-0.25, -0.2) is 9.37 Å². The number of benzene rings is 2. The zero-order valence-electron chi connectivity index (χ0n) is 14.4. The van der Waals surface area contributed by atoms with Gasteiger partial charge in [0.2, 0.25) is 0 Å². The fourth-order valence-corrected chi connectivity index (χ4v) is 2.53. The Balaban J connectivity index is 1.52. The van der Waals surface area contributed by atoms with Crippen molar-refractivity contribution in [1.29, 1.82) is 0 Å². The van der Waals surface area contributed by atoms with Crippen molar-refractivity contribution in [3.8, 4) is 5.75 Å². The number of aromatic nitrogens is 2. The predicted molar refractivity (Wildman–Crippen MR) is 96.1 cm³/mol. The van der Waals surface area contributed by atoms with E-state index in [-0.39, 0.29) is 11.7 Å². The summed E-state index contributed by atoms with van der Waals surface area (Å²) in [6, 6.07) is 13.6. The molecule has 3 rings (SSSR count). The second-order valence-electron chi connectivity index (χ2n) is 5.99. The van der Waals surface area contributed by atoms with Crippen molar-refractivity contribution in [3.63, 3.8) is 0 Å². The molecule has 6 heteroatoms. The first-order valence-electron chi connectivity index (χ1n) is 8.33. The lowest BCUT2D eigenvalue weighted by Crippen LogP contribution is -2.35. The Hall–Kier alpha value is -3.15. The van der Waals surface area contributed by atoms with Crippen molar-refractivity contribution >= 4 is 5.91 Å². The number of carbonyl (C=O) groups excluding carboxylic acids is 1. The fraction of sp³-hybridized carbons (Fsp3) is 0.200. The Morgan fingerprint density at radius 1 is 1.23 bits per heavy atom. The van der Waals surface area contributed by atoms with E-state index < -0.39 is 6.10 Å². The van der Waals surface area contributed by atoms with Crippen LogP contribution in [0, 0.1) is 5.82 Å². The van der Waals surface area contributed by atoms with E-state index >= 15 is 0 Å². The number of nitrogens with zero attached hydrogens (tertiary/aromatic N) is 2. The molecule has 1 aromatic heterocycles. The van der Waals surface area contributed by atoms with Crippen LogP contribution in [-0.4, -0.2) is 21.6 Å². The molecule has 3 aromatic rings. The van der Waals surface area contributed by atoms with E-state index in [1.807, 2.05) is 35.0 Å². The highest BCUT2D eigenvalue weighted by atomic mass is 19.1. The van der Waals surface area contributed by atoms with Gasteiger partial charge in [-0.15, -0.1) is 0 Å². The second-order valence-corrected chi connectivity index (χ2v) is 5.99. The first-order chi connectivity index (χ1) is 12.6. The van der Waals surface area contributed by atoms with Crippen LogP contribution in [0.1, 0.15) is 18.1 Å². The van der Waals surface area contributed by atoms with Gasteiger partial charge in [-0.1, -0.05) is 24.3 Å². The lowest BCUT2D eigenvalue weighted by molar-refractivity contribution is -0.127. The molecule has 1 N–H and O–H groups in total. The van der Waals surface area contributed by atoms with Crippen molar-refractivity contribution in [2.45, 2.75) is 26.1 Å². The average Bonchev–Trinajstić information content (AvgIpc) is 3.15. The van der Waals surface area contributed by atoms with Gasteiger partial charge in [0.15, 0.2) is 6.10 Å². The van der Waals surface area contributed by atoms with E-state index in [1.165, 1.54) is 24.3 Å². The molecule has 0 fully saturated rings. The van der Waals surface area contributed by atoms with Crippen LogP contribution in [0.25, 0.3) is 0 Å². The quantitative estimate of drug-likeness (QED) is 0.710. The van der Waals surface area contributed by atoms with E-state index in [0.29, 0.717) is 12.3 Å². The monoisotopic (exact) mass is 353 g/mol.